The minimum absolute atomic E-state index is 0.131. The number of nitro benzene ring substituents is 1. The maximum atomic E-state index is 12.3. The van der Waals surface area contributed by atoms with Gasteiger partial charge in [0.2, 0.25) is 0 Å². The third-order valence-electron chi connectivity index (χ3n) is 3.98. The van der Waals surface area contributed by atoms with Crippen LogP contribution >= 0.6 is 0 Å². The highest BCUT2D eigenvalue weighted by Gasteiger charge is 2.08. The van der Waals surface area contributed by atoms with Crippen molar-refractivity contribution in [2.45, 2.75) is 6.92 Å². The molecule has 0 aliphatic carbocycles. The first-order valence-corrected chi connectivity index (χ1v) is 8.40. The molecule has 28 heavy (non-hydrogen) atoms. The zero-order valence-electron chi connectivity index (χ0n) is 15.0. The number of hydrogen-bond acceptors (Lipinski definition) is 5. The summed E-state index contributed by atoms with van der Waals surface area (Å²) in [6, 6.07) is 18.0. The summed E-state index contributed by atoms with van der Waals surface area (Å²) >= 11 is 0. The SMILES string of the molecule is Cc1cccc(C(=O)Nc2ccc(N=Cc3cccc([N+](=O)[O-])c3[O-])cc2)c1. The van der Waals surface area contributed by atoms with Gasteiger partial charge in [0.05, 0.1) is 10.6 Å². The average molecular weight is 374 g/mol. The van der Waals surface area contributed by atoms with Crippen molar-refractivity contribution in [1.82, 2.24) is 0 Å². The summed E-state index contributed by atoms with van der Waals surface area (Å²) in [5.74, 6) is -0.897. The standard InChI is InChI=1S/C21H17N3O4/c1-14-4-2-5-15(12-14)21(26)23-18-10-8-17(9-11-18)22-13-16-6-3-7-19(20(16)25)24(27)28/h2-13,25H,1H3,(H,23,26)/p-1. The number of amides is 1. The van der Waals surface area contributed by atoms with Crippen LogP contribution in [0.2, 0.25) is 0 Å². The van der Waals surface area contributed by atoms with Crippen molar-refractivity contribution >= 4 is 29.2 Å². The van der Waals surface area contributed by atoms with E-state index in [1.54, 1.807) is 36.4 Å². The van der Waals surface area contributed by atoms with Crippen LogP contribution in [0.25, 0.3) is 0 Å². The fourth-order valence-corrected chi connectivity index (χ4v) is 2.55. The second-order valence-corrected chi connectivity index (χ2v) is 6.08. The van der Waals surface area contributed by atoms with E-state index >= 15 is 0 Å². The predicted octanol–water partition coefficient (Wildman–Crippen LogP) is 3.98. The molecule has 0 aromatic heterocycles. The zero-order valence-corrected chi connectivity index (χ0v) is 15.0. The van der Waals surface area contributed by atoms with E-state index in [1.165, 1.54) is 18.3 Å². The van der Waals surface area contributed by atoms with E-state index in [0.29, 0.717) is 16.9 Å². The minimum atomic E-state index is -0.717. The number of aryl methyl sites for hydroxylation is 1. The third kappa shape index (κ3) is 4.39. The molecule has 0 saturated carbocycles. The Bertz CT molecular complexity index is 1060. The van der Waals surface area contributed by atoms with Gasteiger partial charge in [0, 0.05) is 23.5 Å². The Hall–Kier alpha value is -4.00. The first-order chi connectivity index (χ1) is 13.4. The van der Waals surface area contributed by atoms with Crippen LogP contribution in [0.5, 0.6) is 5.75 Å². The summed E-state index contributed by atoms with van der Waals surface area (Å²) in [6.07, 6.45) is 1.29. The van der Waals surface area contributed by atoms with Gasteiger partial charge in [0.25, 0.3) is 11.6 Å². The van der Waals surface area contributed by atoms with Crippen LogP contribution in [0.4, 0.5) is 17.1 Å². The molecule has 7 nitrogen and oxygen atoms in total. The zero-order chi connectivity index (χ0) is 20.1. The van der Waals surface area contributed by atoms with Crippen LogP contribution in [0.3, 0.4) is 0 Å². The maximum absolute atomic E-state index is 12.3. The number of aliphatic imine (C=N–C) groups is 1. The monoisotopic (exact) mass is 374 g/mol. The second kappa shape index (κ2) is 8.13. The Labute approximate surface area is 161 Å². The molecule has 0 bridgehead atoms. The van der Waals surface area contributed by atoms with E-state index in [-0.39, 0.29) is 11.5 Å². The molecular weight excluding hydrogens is 358 g/mol. The predicted molar refractivity (Wildman–Crippen MR) is 105 cm³/mol. The Kier molecular flexibility index (Phi) is 5.45. The second-order valence-electron chi connectivity index (χ2n) is 6.08. The van der Waals surface area contributed by atoms with E-state index in [1.807, 2.05) is 19.1 Å². The normalized spacial score (nSPS) is 10.8. The molecule has 3 rings (SSSR count). The first kappa shape index (κ1) is 18.8. The fraction of sp³-hybridized carbons (Fsp3) is 0.0476. The molecule has 3 aromatic rings. The minimum Gasteiger partial charge on any atom is -0.867 e. The highest BCUT2D eigenvalue weighted by Crippen LogP contribution is 2.26. The van der Waals surface area contributed by atoms with Crippen LogP contribution < -0.4 is 10.4 Å². The lowest BCUT2D eigenvalue weighted by Gasteiger charge is -2.09. The number of nitrogens with zero attached hydrogens (tertiary/aromatic N) is 2. The van der Waals surface area contributed by atoms with Crippen LogP contribution in [-0.2, 0) is 0 Å². The number of carbonyl (C=O) groups is 1. The number of anilines is 1. The molecule has 7 heteroatoms. The molecule has 1 amide bonds. The molecule has 0 radical (unpaired) electrons. The van der Waals surface area contributed by atoms with Gasteiger partial charge in [-0.15, -0.1) is 0 Å². The number of benzene rings is 3. The summed E-state index contributed by atoms with van der Waals surface area (Å²) in [5, 5.41) is 25.6. The van der Waals surface area contributed by atoms with Gasteiger partial charge in [-0.1, -0.05) is 29.8 Å². The Morgan fingerprint density at radius 2 is 1.79 bits per heavy atom. The van der Waals surface area contributed by atoms with E-state index in [2.05, 4.69) is 10.3 Å². The fourth-order valence-electron chi connectivity index (χ4n) is 2.55. The van der Waals surface area contributed by atoms with Crippen LogP contribution in [-0.4, -0.2) is 17.0 Å². The molecule has 0 spiro atoms. The van der Waals surface area contributed by atoms with Gasteiger partial charge >= 0.3 is 0 Å². The molecule has 1 N–H and O–H groups in total. The Morgan fingerprint density at radius 3 is 2.46 bits per heavy atom. The van der Waals surface area contributed by atoms with E-state index in [0.717, 1.165) is 11.6 Å². The molecule has 0 aliphatic rings. The number of para-hydroxylation sites is 1. The molecule has 0 fully saturated rings. The summed E-state index contributed by atoms with van der Waals surface area (Å²) < 4.78 is 0. The molecule has 0 saturated heterocycles. The van der Waals surface area contributed by atoms with E-state index in [4.69, 9.17) is 0 Å². The average Bonchev–Trinajstić information content (AvgIpc) is 2.68. The quantitative estimate of drug-likeness (QED) is 0.414. The van der Waals surface area contributed by atoms with E-state index < -0.39 is 16.4 Å². The van der Waals surface area contributed by atoms with E-state index in [9.17, 15) is 20.0 Å². The lowest BCUT2D eigenvalue weighted by molar-refractivity contribution is -0.398. The van der Waals surface area contributed by atoms with Gasteiger partial charge in [-0.25, -0.2) is 0 Å². The van der Waals surface area contributed by atoms with Crippen molar-refractivity contribution in [3.63, 3.8) is 0 Å². The van der Waals surface area contributed by atoms with Crippen LogP contribution in [0, 0.1) is 17.0 Å². The largest absolute Gasteiger partial charge is 0.867 e. The van der Waals surface area contributed by atoms with Gasteiger partial charge in [-0.3, -0.25) is 19.9 Å². The smallest absolute Gasteiger partial charge is 0.262 e. The maximum Gasteiger partial charge on any atom is 0.262 e. The van der Waals surface area contributed by atoms with Crippen molar-refractivity contribution in [3.8, 4) is 5.75 Å². The molecule has 0 heterocycles. The van der Waals surface area contributed by atoms with Crippen LogP contribution in [0.1, 0.15) is 21.5 Å². The lowest BCUT2D eigenvalue weighted by atomic mass is 10.1. The Morgan fingerprint density at radius 1 is 1.07 bits per heavy atom. The number of rotatable bonds is 5. The van der Waals surface area contributed by atoms with Crippen molar-refractivity contribution in [3.05, 3.63) is 93.5 Å². The number of carbonyl (C=O) groups excluding carboxylic acids is 1. The number of hydrogen-bond donors (Lipinski definition) is 1. The highest BCUT2D eigenvalue weighted by atomic mass is 16.6. The topological polar surface area (TPSA) is 108 Å². The number of nitrogens with one attached hydrogen (secondary N) is 1. The van der Waals surface area contributed by atoms with Gasteiger partial charge in [-0.2, -0.15) is 0 Å². The highest BCUT2D eigenvalue weighted by molar-refractivity contribution is 6.04. The third-order valence-corrected chi connectivity index (χ3v) is 3.98. The number of nitro groups is 1. The molecule has 140 valence electrons. The summed E-state index contributed by atoms with van der Waals surface area (Å²) in [4.78, 5) is 26.5. The van der Waals surface area contributed by atoms with Gasteiger partial charge in [0.15, 0.2) is 0 Å². The van der Waals surface area contributed by atoms with Gasteiger partial charge < -0.3 is 10.4 Å². The molecule has 3 aromatic carbocycles. The molecular formula is C21H16N3O4-. The summed E-state index contributed by atoms with van der Waals surface area (Å²) in [5.41, 5.74) is 2.35. The molecule has 0 aliphatic heterocycles. The van der Waals surface area contributed by atoms with Crippen molar-refractivity contribution in [2.75, 3.05) is 5.32 Å². The van der Waals surface area contributed by atoms with Crippen molar-refractivity contribution in [2.24, 2.45) is 4.99 Å². The Balaban J connectivity index is 1.71. The van der Waals surface area contributed by atoms with Crippen molar-refractivity contribution < 1.29 is 14.8 Å². The van der Waals surface area contributed by atoms with Crippen molar-refractivity contribution in [1.29, 1.82) is 0 Å². The molecule has 0 atom stereocenters. The van der Waals surface area contributed by atoms with Crippen LogP contribution in [0.15, 0.2) is 71.7 Å². The van der Waals surface area contributed by atoms with Gasteiger partial charge in [-0.05, 0) is 54.6 Å². The molecule has 0 unspecified atom stereocenters. The van der Waals surface area contributed by atoms with Gasteiger partial charge in [0.1, 0.15) is 0 Å². The lowest BCUT2D eigenvalue weighted by Crippen LogP contribution is -2.11. The summed E-state index contributed by atoms with van der Waals surface area (Å²) in [7, 11) is 0. The summed E-state index contributed by atoms with van der Waals surface area (Å²) in [6.45, 7) is 1.91. The first-order valence-electron chi connectivity index (χ1n) is 8.40.